The molecule has 0 fully saturated rings. The molecule has 0 aliphatic carbocycles. The number of allylic oxidation sites excluding steroid dienone is 13. The number of likely N-dealkylation sites (N-methyl/N-ethyl adjacent to an activating group) is 1. The third-order valence-corrected chi connectivity index (χ3v) is 14.8. The molecule has 446 valence electrons. The number of hydrogen-bond donors (Lipinski definition) is 1. The quantitative estimate of drug-likeness (QED) is 0.0161. The van der Waals surface area contributed by atoms with Crippen molar-refractivity contribution in [2.45, 2.75) is 290 Å². The van der Waals surface area contributed by atoms with Crippen LogP contribution in [0.2, 0.25) is 0 Å². The Morgan fingerprint density at radius 1 is 0.481 bits per heavy atom. The molecule has 3 unspecified atom stereocenters. The van der Waals surface area contributed by atoms with Crippen molar-refractivity contribution in [1.82, 2.24) is 5.32 Å². The molecule has 1 N–H and O–H groups in total. The Labute approximate surface area is 476 Å². The van der Waals surface area contributed by atoms with Crippen molar-refractivity contribution in [1.29, 1.82) is 0 Å². The summed E-state index contributed by atoms with van der Waals surface area (Å²) in [5.74, 6) is -0.566. The summed E-state index contributed by atoms with van der Waals surface area (Å²) in [6.07, 6.45) is 74.1. The summed E-state index contributed by atoms with van der Waals surface area (Å²) in [5, 5.41) is 3.01. The molecule has 3 atom stereocenters. The highest BCUT2D eigenvalue weighted by Crippen LogP contribution is 2.38. The Bertz CT molecular complexity index is 1590. The van der Waals surface area contributed by atoms with Crippen LogP contribution in [0.3, 0.4) is 0 Å². The maximum absolute atomic E-state index is 13.5. The van der Waals surface area contributed by atoms with Gasteiger partial charge in [0.2, 0.25) is 5.91 Å². The Morgan fingerprint density at radius 3 is 1.38 bits per heavy atom. The molecule has 9 nitrogen and oxygen atoms in total. The van der Waals surface area contributed by atoms with Gasteiger partial charge in [0.1, 0.15) is 19.3 Å². The smallest absolute Gasteiger partial charge is 0.306 e. The third kappa shape index (κ3) is 57.7. The molecule has 0 radical (unpaired) electrons. The number of esters is 1. The number of hydrogen-bond acceptors (Lipinski definition) is 7. The van der Waals surface area contributed by atoms with E-state index in [1.54, 1.807) is 0 Å². The highest BCUT2D eigenvalue weighted by molar-refractivity contribution is 7.45. The zero-order chi connectivity index (χ0) is 56.4. The summed E-state index contributed by atoms with van der Waals surface area (Å²) in [4.78, 5) is 40.0. The zero-order valence-corrected chi connectivity index (χ0v) is 51.8. The average Bonchev–Trinajstić information content (AvgIpc) is 3.39. The van der Waals surface area contributed by atoms with Gasteiger partial charge in [-0.2, -0.15) is 0 Å². The Balaban J connectivity index is 5.15. The fraction of sp³-hybridized carbons (Fsp3) is 0.761. The predicted molar refractivity (Wildman–Crippen MR) is 330 cm³/mol. The molecule has 0 bridgehead atoms. The van der Waals surface area contributed by atoms with Gasteiger partial charge in [-0.25, -0.2) is 0 Å². The lowest BCUT2D eigenvalue weighted by atomic mass is 10.0. The summed E-state index contributed by atoms with van der Waals surface area (Å²) in [6.45, 7) is 6.67. The second kappa shape index (κ2) is 56.5. The molecular formula is C67H121N2O7P. The molecule has 0 rings (SSSR count). The minimum absolute atomic E-state index is 0.0297. The van der Waals surface area contributed by atoms with Crippen molar-refractivity contribution < 1.29 is 37.3 Å². The van der Waals surface area contributed by atoms with Gasteiger partial charge in [-0.3, -0.25) is 14.2 Å². The normalized spacial score (nSPS) is 14.2. The van der Waals surface area contributed by atoms with Crippen LogP contribution in [0.1, 0.15) is 278 Å². The van der Waals surface area contributed by atoms with Crippen molar-refractivity contribution in [2.75, 3.05) is 40.9 Å². The van der Waals surface area contributed by atoms with Gasteiger partial charge in [-0.05, 0) is 89.5 Å². The summed E-state index contributed by atoms with van der Waals surface area (Å²) in [6, 6.07) is -0.903. The van der Waals surface area contributed by atoms with Gasteiger partial charge in [-0.1, -0.05) is 260 Å². The van der Waals surface area contributed by atoms with Gasteiger partial charge in [0.15, 0.2) is 0 Å². The van der Waals surface area contributed by atoms with Gasteiger partial charge in [0, 0.05) is 12.8 Å². The standard InChI is InChI=1S/C67H121N2O7P/c1-7-10-13-16-19-22-25-28-29-30-31-32-33-34-35-36-37-38-39-42-45-48-51-54-57-60-67(71)76-65(58-55-52-49-46-43-40-26-23-20-17-14-11-8-2)64(63-75-77(72,73)74-62-61-69(4,5)6)68-66(70)59-56-53-50-47-44-41-27-24-21-18-15-12-9-3/h12,15,18-19,21-22,24,27-29,31-32,55,58,64-65H,7-11,13-14,16-17,20,23,25-26,30,33-54,56-57,59-63H2,1-6H3,(H-,68,70,72,73)/b15-12+,21-18+,22-19-,27-24-,29-28-,32-31-,58-55-. The number of nitrogens with one attached hydrogen (secondary N) is 1. The van der Waals surface area contributed by atoms with Crippen molar-refractivity contribution in [2.24, 2.45) is 0 Å². The molecule has 0 spiro atoms. The van der Waals surface area contributed by atoms with E-state index in [1.165, 1.54) is 148 Å². The molecule has 0 aromatic carbocycles. The summed E-state index contributed by atoms with van der Waals surface area (Å²) >= 11 is 0. The van der Waals surface area contributed by atoms with E-state index in [1.807, 2.05) is 39.4 Å². The highest BCUT2D eigenvalue weighted by atomic mass is 31.2. The van der Waals surface area contributed by atoms with Crippen LogP contribution in [-0.4, -0.2) is 69.4 Å². The average molecular weight is 1100 g/mol. The van der Waals surface area contributed by atoms with Gasteiger partial charge < -0.3 is 28.5 Å². The number of phosphoric acid groups is 1. The first-order valence-corrected chi connectivity index (χ1v) is 33.4. The first-order valence-electron chi connectivity index (χ1n) is 31.9. The lowest BCUT2D eigenvalue weighted by Crippen LogP contribution is -2.47. The lowest BCUT2D eigenvalue weighted by Gasteiger charge is -2.30. The van der Waals surface area contributed by atoms with Crippen LogP contribution in [0.4, 0.5) is 0 Å². The Morgan fingerprint density at radius 2 is 0.883 bits per heavy atom. The van der Waals surface area contributed by atoms with E-state index in [0.29, 0.717) is 23.9 Å². The molecule has 0 aliphatic heterocycles. The minimum atomic E-state index is -4.71. The lowest BCUT2D eigenvalue weighted by molar-refractivity contribution is -0.870. The Kier molecular flexibility index (Phi) is 54.4. The monoisotopic (exact) mass is 1100 g/mol. The van der Waals surface area contributed by atoms with E-state index in [9.17, 15) is 19.0 Å². The van der Waals surface area contributed by atoms with Crippen LogP contribution in [-0.2, 0) is 27.9 Å². The van der Waals surface area contributed by atoms with E-state index < -0.39 is 26.6 Å². The predicted octanol–water partition coefficient (Wildman–Crippen LogP) is 19.1. The van der Waals surface area contributed by atoms with Crippen molar-refractivity contribution >= 4 is 19.7 Å². The highest BCUT2D eigenvalue weighted by Gasteiger charge is 2.27. The van der Waals surface area contributed by atoms with Crippen LogP contribution in [0.25, 0.3) is 0 Å². The fourth-order valence-corrected chi connectivity index (χ4v) is 9.66. The molecule has 0 saturated heterocycles. The number of carbonyl (C=O) groups is 2. The maximum Gasteiger partial charge on any atom is 0.306 e. The largest absolute Gasteiger partial charge is 0.756 e. The number of carbonyl (C=O) groups excluding carboxylic acids is 2. The van der Waals surface area contributed by atoms with Gasteiger partial charge in [0.05, 0.1) is 33.8 Å². The number of nitrogens with zero attached hydrogens (tertiary/aromatic N) is 1. The van der Waals surface area contributed by atoms with E-state index in [-0.39, 0.29) is 24.9 Å². The third-order valence-electron chi connectivity index (χ3n) is 13.9. The maximum atomic E-state index is 13.5. The number of amides is 1. The summed E-state index contributed by atoms with van der Waals surface area (Å²) in [5.41, 5.74) is 0. The van der Waals surface area contributed by atoms with Gasteiger partial charge in [-0.15, -0.1) is 0 Å². The molecule has 77 heavy (non-hydrogen) atoms. The molecule has 1 amide bonds. The molecule has 0 aromatic heterocycles. The van der Waals surface area contributed by atoms with Crippen molar-refractivity contribution in [3.05, 3.63) is 85.1 Å². The molecule has 0 aliphatic rings. The number of ether oxygens (including phenoxy) is 1. The first kappa shape index (κ1) is 74.2. The number of rotatable bonds is 57. The van der Waals surface area contributed by atoms with Crippen LogP contribution < -0.4 is 10.2 Å². The molecule has 0 heterocycles. The second-order valence-corrected chi connectivity index (χ2v) is 24.0. The van der Waals surface area contributed by atoms with E-state index >= 15 is 0 Å². The Hall–Kier alpha value is -2.81. The zero-order valence-electron chi connectivity index (χ0n) is 50.9. The van der Waals surface area contributed by atoms with Crippen molar-refractivity contribution in [3.63, 3.8) is 0 Å². The minimum Gasteiger partial charge on any atom is -0.756 e. The van der Waals surface area contributed by atoms with Crippen LogP contribution in [0.15, 0.2) is 85.1 Å². The molecule has 0 saturated carbocycles. The molecule has 10 heteroatoms. The van der Waals surface area contributed by atoms with E-state index in [2.05, 4.69) is 92.9 Å². The van der Waals surface area contributed by atoms with Crippen LogP contribution in [0.5, 0.6) is 0 Å². The van der Waals surface area contributed by atoms with Crippen molar-refractivity contribution in [3.8, 4) is 0 Å². The fourth-order valence-electron chi connectivity index (χ4n) is 8.94. The molecular weight excluding hydrogens is 976 g/mol. The second-order valence-electron chi connectivity index (χ2n) is 22.6. The van der Waals surface area contributed by atoms with Crippen LogP contribution >= 0.6 is 7.82 Å². The summed E-state index contributed by atoms with van der Waals surface area (Å²) in [7, 11) is 1.16. The molecule has 0 aromatic rings. The topological polar surface area (TPSA) is 114 Å². The number of phosphoric ester groups is 1. The van der Waals surface area contributed by atoms with Crippen LogP contribution in [0, 0.1) is 0 Å². The van der Waals surface area contributed by atoms with E-state index in [4.69, 9.17) is 13.8 Å². The SMILES string of the molecule is CC/C=C/C=C/C=C\CCCCCCCC(=O)NC(COP(=O)([O-])OCC[N+](C)(C)C)C(/C=C\CCCCCCCCCCCCC)OC(=O)CCCCCCCCCCCCCC/C=C\C/C=C\C/C=C\CCCCC. The first-order chi connectivity index (χ1) is 37.4. The summed E-state index contributed by atoms with van der Waals surface area (Å²) < 4.78 is 30.3. The van der Waals surface area contributed by atoms with E-state index in [0.717, 1.165) is 89.9 Å². The van der Waals surface area contributed by atoms with Gasteiger partial charge >= 0.3 is 5.97 Å². The number of quaternary nitrogens is 1. The van der Waals surface area contributed by atoms with Gasteiger partial charge in [0.25, 0.3) is 7.82 Å². The number of unbranched alkanes of at least 4 members (excludes halogenated alkanes) is 31.